The van der Waals surface area contributed by atoms with Gasteiger partial charge in [0, 0.05) is 23.0 Å². The zero-order chi connectivity index (χ0) is 12.0. The average molecular weight is 356 g/mol. The Hall–Kier alpha value is -0.610. The van der Waals surface area contributed by atoms with Gasteiger partial charge < -0.3 is 0 Å². The molecule has 4 heteroatoms. The van der Waals surface area contributed by atoms with E-state index in [4.69, 9.17) is 0 Å². The summed E-state index contributed by atoms with van der Waals surface area (Å²) in [4.78, 5) is 0. The summed E-state index contributed by atoms with van der Waals surface area (Å²) < 4.78 is 4.24. The predicted molar refractivity (Wildman–Crippen MR) is 76.0 cm³/mol. The molecular weight excluding hydrogens is 344 g/mol. The van der Waals surface area contributed by atoms with E-state index in [1.54, 1.807) is 0 Å². The molecular formula is C13H12Br2N2. The van der Waals surface area contributed by atoms with Gasteiger partial charge in [0.05, 0.1) is 10.2 Å². The van der Waals surface area contributed by atoms with Crippen molar-refractivity contribution in [2.75, 3.05) is 0 Å². The van der Waals surface area contributed by atoms with Gasteiger partial charge in [-0.25, -0.2) is 0 Å². The Kier molecular flexibility index (Phi) is 2.87. The van der Waals surface area contributed by atoms with Crippen LogP contribution in [0.5, 0.6) is 0 Å². The van der Waals surface area contributed by atoms with Crippen LogP contribution < -0.4 is 0 Å². The Bertz CT molecular complexity index is 571. The molecule has 1 aliphatic rings. The van der Waals surface area contributed by atoms with Crippen molar-refractivity contribution in [3.05, 3.63) is 38.9 Å². The molecule has 0 aliphatic heterocycles. The van der Waals surface area contributed by atoms with Gasteiger partial charge in [-0.05, 0) is 34.8 Å². The first kappa shape index (κ1) is 11.5. The fourth-order valence-corrected chi connectivity index (χ4v) is 3.48. The minimum atomic E-state index is 0.693. The van der Waals surface area contributed by atoms with Gasteiger partial charge in [-0.15, -0.1) is 0 Å². The van der Waals surface area contributed by atoms with Crippen LogP contribution in [0.4, 0.5) is 0 Å². The van der Waals surface area contributed by atoms with Crippen molar-refractivity contribution in [2.45, 2.75) is 18.8 Å². The van der Waals surface area contributed by atoms with Crippen LogP contribution in [0.3, 0.4) is 0 Å². The summed E-state index contributed by atoms with van der Waals surface area (Å²) >= 11 is 7.29. The van der Waals surface area contributed by atoms with Crippen molar-refractivity contribution in [1.82, 2.24) is 9.78 Å². The molecule has 17 heavy (non-hydrogen) atoms. The van der Waals surface area contributed by atoms with E-state index in [0.29, 0.717) is 5.92 Å². The van der Waals surface area contributed by atoms with Crippen LogP contribution in [0.1, 0.15) is 24.5 Å². The van der Waals surface area contributed by atoms with E-state index in [9.17, 15) is 0 Å². The summed E-state index contributed by atoms with van der Waals surface area (Å²) in [5.74, 6) is 0.693. The van der Waals surface area contributed by atoms with Crippen LogP contribution >= 0.6 is 31.9 Å². The standard InChI is InChI=1S/C13H12Br2N2/c1-17-13(8-6-7-8)11(15)12(16-17)9-4-2-3-5-10(9)14/h2-5,8H,6-7H2,1H3. The third-order valence-electron chi connectivity index (χ3n) is 3.12. The molecule has 1 fully saturated rings. The average Bonchev–Trinajstić information content (AvgIpc) is 3.07. The van der Waals surface area contributed by atoms with Crippen LogP contribution in [0.25, 0.3) is 11.3 Å². The number of aryl methyl sites for hydroxylation is 1. The molecule has 0 bridgehead atoms. The van der Waals surface area contributed by atoms with Crippen molar-refractivity contribution in [1.29, 1.82) is 0 Å². The molecule has 0 atom stereocenters. The third kappa shape index (κ3) is 1.97. The first-order valence-corrected chi connectivity index (χ1v) is 7.24. The lowest BCUT2D eigenvalue weighted by Gasteiger charge is -2.01. The van der Waals surface area contributed by atoms with Gasteiger partial charge in [0.1, 0.15) is 5.69 Å². The van der Waals surface area contributed by atoms with Gasteiger partial charge in [-0.2, -0.15) is 5.10 Å². The first-order valence-electron chi connectivity index (χ1n) is 5.65. The maximum atomic E-state index is 4.64. The largest absolute Gasteiger partial charge is 0.271 e. The first-order chi connectivity index (χ1) is 8.18. The molecule has 1 aliphatic carbocycles. The van der Waals surface area contributed by atoms with Crippen LogP contribution in [0.15, 0.2) is 33.2 Å². The molecule has 2 nitrogen and oxygen atoms in total. The Balaban J connectivity index is 2.16. The molecule has 0 spiro atoms. The van der Waals surface area contributed by atoms with Crippen molar-refractivity contribution >= 4 is 31.9 Å². The number of hydrogen-bond donors (Lipinski definition) is 0. The minimum absolute atomic E-state index is 0.693. The third-order valence-corrected chi connectivity index (χ3v) is 4.60. The lowest BCUT2D eigenvalue weighted by Crippen LogP contribution is -1.96. The summed E-state index contributed by atoms with van der Waals surface area (Å²) in [5, 5.41) is 4.64. The molecule has 1 aromatic heterocycles. The topological polar surface area (TPSA) is 17.8 Å². The van der Waals surface area contributed by atoms with E-state index in [1.165, 1.54) is 18.5 Å². The predicted octanol–water partition coefficient (Wildman–Crippen LogP) is 4.49. The van der Waals surface area contributed by atoms with E-state index in [0.717, 1.165) is 20.2 Å². The van der Waals surface area contributed by atoms with Gasteiger partial charge in [0.15, 0.2) is 0 Å². The van der Waals surface area contributed by atoms with Crippen LogP contribution in [0, 0.1) is 0 Å². The monoisotopic (exact) mass is 354 g/mol. The van der Waals surface area contributed by atoms with Crippen LogP contribution in [-0.2, 0) is 7.05 Å². The SMILES string of the molecule is Cn1nc(-c2ccccc2Br)c(Br)c1C1CC1. The second kappa shape index (κ2) is 4.25. The highest BCUT2D eigenvalue weighted by Crippen LogP contribution is 2.46. The van der Waals surface area contributed by atoms with Gasteiger partial charge in [-0.1, -0.05) is 34.1 Å². The van der Waals surface area contributed by atoms with E-state index >= 15 is 0 Å². The van der Waals surface area contributed by atoms with Crippen molar-refractivity contribution in [3.8, 4) is 11.3 Å². The molecule has 1 saturated carbocycles. The fourth-order valence-electron chi connectivity index (χ4n) is 2.14. The molecule has 0 amide bonds. The Labute approximate surface area is 117 Å². The lowest BCUT2D eigenvalue weighted by atomic mass is 10.1. The second-order valence-electron chi connectivity index (χ2n) is 4.43. The number of hydrogen-bond acceptors (Lipinski definition) is 1. The second-order valence-corrected chi connectivity index (χ2v) is 6.07. The molecule has 88 valence electrons. The molecule has 0 unspecified atom stereocenters. The number of halogens is 2. The Morgan fingerprint density at radius 2 is 1.94 bits per heavy atom. The highest BCUT2D eigenvalue weighted by atomic mass is 79.9. The van der Waals surface area contributed by atoms with E-state index in [2.05, 4.69) is 43.0 Å². The maximum Gasteiger partial charge on any atom is 0.108 e. The molecule has 0 saturated heterocycles. The number of benzene rings is 1. The zero-order valence-corrected chi connectivity index (χ0v) is 12.6. The van der Waals surface area contributed by atoms with E-state index < -0.39 is 0 Å². The van der Waals surface area contributed by atoms with Gasteiger partial charge in [0.2, 0.25) is 0 Å². The molecule has 1 heterocycles. The van der Waals surface area contributed by atoms with Crippen molar-refractivity contribution in [2.24, 2.45) is 7.05 Å². The summed E-state index contributed by atoms with van der Waals surface area (Å²) in [6, 6.07) is 8.20. The van der Waals surface area contributed by atoms with Gasteiger partial charge in [-0.3, -0.25) is 4.68 Å². The minimum Gasteiger partial charge on any atom is -0.271 e. The number of rotatable bonds is 2. The lowest BCUT2D eigenvalue weighted by molar-refractivity contribution is 0.714. The quantitative estimate of drug-likeness (QED) is 0.776. The van der Waals surface area contributed by atoms with Gasteiger partial charge >= 0.3 is 0 Å². The fraction of sp³-hybridized carbons (Fsp3) is 0.308. The van der Waals surface area contributed by atoms with E-state index in [1.807, 2.05) is 29.9 Å². The highest BCUT2D eigenvalue weighted by molar-refractivity contribution is 9.11. The zero-order valence-electron chi connectivity index (χ0n) is 9.45. The van der Waals surface area contributed by atoms with Crippen molar-refractivity contribution in [3.63, 3.8) is 0 Å². The maximum absolute atomic E-state index is 4.64. The van der Waals surface area contributed by atoms with Crippen molar-refractivity contribution < 1.29 is 0 Å². The molecule has 0 N–H and O–H groups in total. The molecule has 1 aromatic carbocycles. The molecule has 2 aromatic rings. The summed E-state index contributed by atoms with van der Waals surface area (Å²) in [7, 11) is 2.03. The van der Waals surface area contributed by atoms with Gasteiger partial charge in [0.25, 0.3) is 0 Å². The van der Waals surface area contributed by atoms with Crippen LogP contribution in [0.2, 0.25) is 0 Å². The highest BCUT2D eigenvalue weighted by Gasteiger charge is 2.31. The summed E-state index contributed by atoms with van der Waals surface area (Å²) in [5.41, 5.74) is 3.50. The normalized spacial score (nSPS) is 15.2. The molecule has 0 radical (unpaired) electrons. The number of nitrogens with zero attached hydrogens (tertiary/aromatic N) is 2. The molecule has 3 rings (SSSR count). The van der Waals surface area contributed by atoms with Crippen LogP contribution in [-0.4, -0.2) is 9.78 Å². The smallest absolute Gasteiger partial charge is 0.108 e. The van der Waals surface area contributed by atoms with E-state index in [-0.39, 0.29) is 0 Å². The Morgan fingerprint density at radius 1 is 1.24 bits per heavy atom. The summed E-state index contributed by atoms with van der Waals surface area (Å²) in [6.07, 6.45) is 2.57. The number of aromatic nitrogens is 2. The Morgan fingerprint density at radius 3 is 2.59 bits per heavy atom. The summed E-state index contributed by atoms with van der Waals surface area (Å²) in [6.45, 7) is 0.